The number of piperazine rings is 1. The second kappa shape index (κ2) is 5.48. The Morgan fingerprint density at radius 1 is 1.38 bits per heavy atom. The summed E-state index contributed by atoms with van der Waals surface area (Å²) in [5.41, 5.74) is 6.88. The van der Waals surface area contributed by atoms with Crippen LogP contribution < -0.4 is 11.1 Å². The molecule has 1 aromatic carbocycles. The number of nitrogens with two attached hydrogens (primary N) is 1. The van der Waals surface area contributed by atoms with E-state index in [2.05, 4.69) is 12.2 Å². The number of nitrogens with one attached hydrogen (secondary N) is 1. The van der Waals surface area contributed by atoms with Crippen molar-refractivity contribution in [3.05, 3.63) is 35.4 Å². The van der Waals surface area contributed by atoms with Gasteiger partial charge in [-0.25, -0.2) is 0 Å². The predicted octanol–water partition coefficient (Wildman–Crippen LogP) is 0.709. The highest BCUT2D eigenvalue weighted by atomic mass is 16.2. The van der Waals surface area contributed by atoms with Crippen LogP contribution in [0.2, 0.25) is 0 Å². The molecule has 2 aliphatic rings. The summed E-state index contributed by atoms with van der Waals surface area (Å²) in [4.78, 5) is 25.8. The standard InChI is InChI=1S/C16H21N3O2/c1-10-9-18-5-6-19(10)16(21)14-8-13(14)11-3-2-4-12(7-11)15(17)20/h2-4,7,10,13-14,18H,5-6,8-9H2,1H3,(H2,17,20)/t10-,13?,14?/m0/s1. The Balaban J connectivity index is 1.69. The molecule has 112 valence electrons. The molecule has 2 fully saturated rings. The largest absolute Gasteiger partial charge is 0.366 e. The van der Waals surface area contributed by atoms with Crippen molar-refractivity contribution < 1.29 is 9.59 Å². The van der Waals surface area contributed by atoms with Gasteiger partial charge in [0.2, 0.25) is 11.8 Å². The molecule has 3 rings (SSSR count). The Kier molecular flexibility index (Phi) is 3.68. The van der Waals surface area contributed by atoms with Crippen molar-refractivity contribution in [2.45, 2.75) is 25.3 Å². The Labute approximate surface area is 124 Å². The van der Waals surface area contributed by atoms with Crippen molar-refractivity contribution >= 4 is 11.8 Å². The summed E-state index contributed by atoms with van der Waals surface area (Å²) in [6, 6.07) is 7.60. The third kappa shape index (κ3) is 2.78. The van der Waals surface area contributed by atoms with Crippen molar-refractivity contribution in [2.75, 3.05) is 19.6 Å². The van der Waals surface area contributed by atoms with Gasteiger partial charge in [0.1, 0.15) is 0 Å². The molecule has 1 aromatic rings. The van der Waals surface area contributed by atoms with E-state index < -0.39 is 5.91 Å². The third-order valence-corrected chi connectivity index (χ3v) is 4.49. The average Bonchev–Trinajstić information content (AvgIpc) is 3.28. The molecule has 1 aliphatic carbocycles. The Morgan fingerprint density at radius 3 is 2.90 bits per heavy atom. The van der Waals surface area contributed by atoms with Crippen molar-refractivity contribution in [3.8, 4) is 0 Å². The monoisotopic (exact) mass is 287 g/mol. The quantitative estimate of drug-likeness (QED) is 0.859. The van der Waals surface area contributed by atoms with E-state index in [-0.39, 0.29) is 23.8 Å². The molecule has 2 amide bonds. The summed E-state index contributed by atoms with van der Waals surface area (Å²) >= 11 is 0. The fourth-order valence-corrected chi connectivity index (χ4v) is 3.14. The SMILES string of the molecule is C[C@H]1CNCCN1C(=O)C1CC1c1cccc(C(N)=O)c1. The molecule has 0 aromatic heterocycles. The zero-order valence-corrected chi connectivity index (χ0v) is 12.2. The fraction of sp³-hybridized carbons (Fsp3) is 0.500. The van der Waals surface area contributed by atoms with Gasteiger partial charge in [0.25, 0.3) is 0 Å². The minimum Gasteiger partial charge on any atom is -0.366 e. The number of hydrogen-bond acceptors (Lipinski definition) is 3. The van der Waals surface area contributed by atoms with Crippen molar-refractivity contribution in [3.63, 3.8) is 0 Å². The number of primary amides is 1. The lowest BCUT2D eigenvalue weighted by molar-refractivity contribution is -0.135. The van der Waals surface area contributed by atoms with Gasteiger partial charge in [-0.3, -0.25) is 9.59 Å². The van der Waals surface area contributed by atoms with Crippen LogP contribution in [0.4, 0.5) is 0 Å². The Bertz CT molecular complexity index is 572. The van der Waals surface area contributed by atoms with Gasteiger partial charge in [-0.15, -0.1) is 0 Å². The number of nitrogens with zero attached hydrogens (tertiary/aromatic N) is 1. The molecule has 1 saturated heterocycles. The minimum atomic E-state index is -0.420. The molecular weight excluding hydrogens is 266 g/mol. The van der Waals surface area contributed by atoms with E-state index in [0.717, 1.165) is 31.6 Å². The van der Waals surface area contributed by atoms with Crippen LogP contribution in [0.5, 0.6) is 0 Å². The molecule has 1 saturated carbocycles. The van der Waals surface area contributed by atoms with Gasteiger partial charge >= 0.3 is 0 Å². The first-order valence-electron chi connectivity index (χ1n) is 7.49. The van der Waals surface area contributed by atoms with Crippen LogP contribution >= 0.6 is 0 Å². The van der Waals surface area contributed by atoms with Crippen LogP contribution in [-0.4, -0.2) is 42.4 Å². The summed E-state index contributed by atoms with van der Waals surface area (Å²) in [7, 11) is 0. The average molecular weight is 287 g/mol. The zero-order chi connectivity index (χ0) is 15.0. The maximum atomic E-state index is 12.6. The van der Waals surface area contributed by atoms with Gasteiger partial charge in [0.05, 0.1) is 0 Å². The van der Waals surface area contributed by atoms with E-state index in [1.165, 1.54) is 0 Å². The van der Waals surface area contributed by atoms with Gasteiger partial charge in [-0.1, -0.05) is 12.1 Å². The second-order valence-electron chi connectivity index (χ2n) is 6.02. The summed E-state index contributed by atoms with van der Waals surface area (Å²) in [6.45, 7) is 4.59. The van der Waals surface area contributed by atoms with Gasteiger partial charge in [0, 0.05) is 37.2 Å². The molecule has 3 N–H and O–H groups in total. The highest BCUT2D eigenvalue weighted by Gasteiger charge is 2.46. The van der Waals surface area contributed by atoms with Gasteiger partial charge in [-0.05, 0) is 37.0 Å². The number of benzene rings is 1. The lowest BCUT2D eigenvalue weighted by Crippen LogP contribution is -2.52. The van der Waals surface area contributed by atoms with Crippen molar-refractivity contribution in [1.82, 2.24) is 10.2 Å². The lowest BCUT2D eigenvalue weighted by atomic mass is 10.0. The normalized spacial score (nSPS) is 28.2. The van der Waals surface area contributed by atoms with E-state index >= 15 is 0 Å². The number of carbonyl (C=O) groups excluding carboxylic acids is 2. The number of hydrogen-bond donors (Lipinski definition) is 2. The summed E-state index contributed by atoms with van der Waals surface area (Å²) in [5, 5.41) is 3.30. The highest BCUT2D eigenvalue weighted by Crippen LogP contribution is 2.48. The number of amides is 2. The molecule has 2 unspecified atom stereocenters. The molecule has 0 radical (unpaired) electrons. The van der Waals surface area contributed by atoms with Gasteiger partial charge in [-0.2, -0.15) is 0 Å². The lowest BCUT2D eigenvalue weighted by Gasteiger charge is -2.34. The third-order valence-electron chi connectivity index (χ3n) is 4.49. The first-order chi connectivity index (χ1) is 10.1. The molecule has 0 spiro atoms. The first kappa shape index (κ1) is 14.1. The van der Waals surface area contributed by atoms with E-state index in [1.807, 2.05) is 23.1 Å². The van der Waals surface area contributed by atoms with E-state index in [9.17, 15) is 9.59 Å². The van der Waals surface area contributed by atoms with Crippen molar-refractivity contribution in [2.24, 2.45) is 11.7 Å². The van der Waals surface area contributed by atoms with E-state index in [1.54, 1.807) is 6.07 Å². The minimum absolute atomic E-state index is 0.0636. The summed E-state index contributed by atoms with van der Waals surface area (Å²) in [6.07, 6.45) is 0.873. The van der Waals surface area contributed by atoms with Gasteiger partial charge < -0.3 is 16.0 Å². The van der Waals surface area contributed by atoms with Crippen LogP contribution in [0.1, 0.15) is 35.2 Å². The maximum absolute atomic E-state index is 12.6. The first-order valence-corrected chi connectivity index (χ1v) is 7.49. The topological polar surface area (TPSA) is 75.4 Å². The number of carbonyl (C=O) groups is 2. The van der Waals surface area contributed by atoms with Crippen LogP contribution in [0.15, 0.2) is 24.3 Å². The predicted molar refractivity (Wildman–Crippen MR) is 79.9 cm³/mol. The maximum Gasteiger partial charge on any atom is 0.248 e. The molecule has 1 aliphatic heterocycles. The molecule has 0 bridgehead atoms. The highest BCUT2D eigenvalue weighted by molar-refractivity contribution is 5.93. The van der Waals surface area contributed by atoms with Crippen molar-refractivity contribution in [1.29, 1.82) is 0 Å². The molecule has 21 heavy (non-hydrogen) atoms. The van der Waals surface area contributed by atoms with Gasteiger partial charge in [0.15, 0.2) is 0 Å². The smallest absolute Gasteiger partial charge is 0.248 e. The molecule has 3 atom stereocenters. The van der Waals surface area contributed by atoms with Crippen LogP contribution in [-0.2, 0) is 4.79 Å². The molecular formula is C16H21N3O2. The number of rotatable bonds is 3. The summed E-state index contributed by atoms with van der Waals surface area (Å²) < 4.78 is 0. The molecule has 5 nitrogen and oxygen atoms in total. The molecule has 1 heterocycles. The zero-order valence-electron chi connectivity index (χ0n) is 12.2. The fourth-order valence-electron chi connectivity index (χ4n) is 3.14. The Hall–Kier alpha value is -1.88. The van der Waals surface area contributed by atoms with Crippen LogP contribution in [0.25, 0.3) is 0 Å². The summed E-state index contributed by atoms with van der Waals surface area (Å²) in [5.74, 6) is 0.127. The van der Waals surface area contributed by atoms with Crippen LogP contribution in [0, 0.1) is 5.92 Å². The second-order valence-corrected chi connectivity index (χ2v) is 6.02. The van der Waals surface area contributed by atoms with E-state index in [4.69, 9.17) is 5.73 Å². The van der Waals surface area contributed by atoms with Crippen LogP contribution in [0.3, 0.4) is 0 Å². The molecule has 5 heteroatoms. The Morgan fingerprint density at radius 2 is 2.19 bits per heavy atom. The van der Waals surface area contributed by atoms with E-state index in [0.29, 0.717) is 5.56 Å².